The summed E-state index contributed by atoms with van der Waals surface area (Å²) >= 11 is 0. The van der Waals surface area contributed by atoms with Crippen LogP contribution in [0.4, 0.5) is 0 Å². The van der Waals surface area contributed by atoms with Gasteiger partial charge < -0.3 is 10.6 Å². The minimum Gasteiger partial charge on any atom is -0.322 e. The van der Waals surface area contributed by atoms with Gasteiger partial charge in [-0.1, -0.05) is 37.6 Å². The maximum Gasteiger partial charge on any atom is 0.0484 e. The van der Waals surface area contributed by atoms with Gasteiger partial charge in [-0.3, -0.25) is 0 Å². The summed E-state index contributed by atoms with van der Waals surface area (Å²) in [5.41, 5.74) is 10.5. The van der Waals surface area contributed by atoms with E-state index in [0.29, 0.717) is 0 Å². The molecule has 0 bridgehead atoms. The fourth-order valence-corrected chi connectivity index (χ4v) is 2.98. The average Bonchev–Trinajstić information content (AvgIpc) is 2.34. The van der Waals surface area contributed by atoms with Crippen LogP contribution in [-0.4, -0.2) is 24.5 Å². The number of nitrogens with two attached hydrogens (primary N) is 1. The number of hydrogen-bond donors (Lipinski definition) is 1. The Balaban J connectivity index is 3.25. The van der Waals surface area contributed by atoms with Gasteiger partial charge in [0.15, 0.2) is 0 Å². The minimum absolute atomic E-state index is 0.0402. The number of likely N-dealkylation sites (N-methyl/N-ethyl adjacent to an activating group) is 1. The molecule has 0 amide bonds. The molecule has 0 aromatic heterocycles. The standard InChI is InChI=1S/C16H28N2/c1-7-16(8-2,18(5)6)15(17)14-11-12(3)9-10-13(14)4/h9-11,15H,7-8,17H2,1-6H3. The molecule has 18 heavy (non-hydrogen) atoms. The second kappa shape index (κ2) is 5.85. The van der Waals surface area contributed by atoms with E-state index in [1.165, 1.54) is 16.7 Å². The molecule has 2 heteroatoms. The molecule has 102 valence electrons. The third-order valence-corrected chi connectivity index (χ3v) is 4.46. The highest BCUT2D eigenvalue weighted by Crippen LogP contribution is 2.35. The van der Waals surface area contributed by atoms with Crippen molar-refractivity contribution in [3.05, 3.63) is 34.9 Å². The molecule has 0 aliphatic rings. The van der Waals surface area contributed by atoms with Gasteiger partial charge in [0.1, 0.15) is 0 Å². The number of rotatable bonds is 5. The first kappa shape index (κ1) is 15.2. The molecule has 0 saturated carbocycles. The molecular formula is C16H28N2. The third kappa shape index (κ3) is 2.60. The van der Waals surface area contributed by atoms with Crippen LogP contribution < -0.4 is 5.73 Å². The van der Waals surface area contributed by atoms with Crippen molar-refractivity contribution in [2.24, 2.45) is 5.73 Å². The summed E-state index contributed by atoms with van der Waals surface area (Å²) < 4.78 is 0. The lowest BCUT2D eigenvalue weighted by molar-refractivity contribution is 0.105. The van der Waals surface area contributed by atoms with E-state index >= 15 is 0 Å². The van der Waals surface area contributed by atoms with Crippen LogP contribution in [0.15, 0.2) is 18.2 Å². The normalized spacial score (nSPS) is 14.0. The topological polar surface area (TPSA) is 29.3 Å². The predicted molar refractivity (Wildman–Crippen MR) is 79.8 cm³/mol. The lowest BCUT2D eigenvalue weighted by Crippen LogP contribution is -2.51. The molecular weight excluding hydrogens is 220 g/mol. The molecule has 2 nitrogen and oxygen atoms in total. The van der Waals surface area contributed by atoms with Gasteiger partial charge in [0.25, 0.3) is 0 Å². The van der Waals surface area contributed by atoms with E-state index in [1.807, 2.05) is 0 Å². The van der Waals surface area contributed by atoms with Crippen LogP contribution in [0.1, 0.15) is 49.4 Å². The predicted octanol–water partition coefficient (Wildman–Crippen LogP) is 3.42. The van der Waals surface area contributed by atoms with Gasteiger partial charge in [-0.25, -0.2) is 0 Å². The van der Waals surface area contributed by atoms with E-state index in [0.717, 1.165) is 12.8 Å². The molecule has 1 rings (SSSR count). The van der Waals surface area contributed by atoms with Crippen LogP contribution in [0.5, 0.6) is 0 Å². The van der Waals surface area contributed by atoms with Crippen molar-refractivity contribution >= 4 is 0 Å². The quantitative estimate of drug-likeness (QED) is 0.865. The number of hydrogen-bond acceptors (Lipinski definition) is 2. The Hall–Kier alpha value is -0.860. The van der Waals surface area contributed by atoms with Gasteiger partial charge in [-0.15, -0.1) is 0 Å². The third-order valence-electron chi connectivity index (χ3n) is 4.46. The van der Waals surface area contributed by atoms with Crippen LogP contribution in [0, 0.1) is 13.8 Å². The zero-order valence-corrected chi connectivity index (χ0v) is 12.7. The highest BCUT2D eigenvalue weighted by atomic mass is 15.2. The van der Waals surface area contributed by atoms with Crippen LogP contribution in [0.25, 0.3) is 0 Å². The van der Waals surface area contributed by atoms with Gasteiger partial charge in [-0.05, 0) is 51.9 Å². The Morgan fingerprint density at radius 1 is 1.17 bits per heavy atom. The molecule has 0 heterocycles. The number of aryl methyl sites for hydroxylation is 2. The van der Waals surface area contributed by atoms with Crippen molar-refractivity contribution in [2.45, 2.75) is 52.1 Å². The van der Waals surface area contributed by atoms with Crippen LogP contribution in [0.2, 0.25) is 0 Å². The maximum absolute atomic E-state index is 6.62. The summed E-state index contributed by atoms with van der Waals surface area (Å²) in [7, 11) is 4.27. The van der Waals surface area contributed by atoms with Crippen molar-refractivity contribution in [3.63, 3.8) is 0 Å². The molecule has 0 spiro atoms. The van der Waals surface area contributed by atoms with Gasteiger partial charge in [0.05, 0.1) is 0 Å². The van der Waals surface area contributed by atoms with Gasteiger partial charge in [0, 0.05) is 11.6 Å². The van der Waals surface area contributed by atoms with Crippen LogP contribution in [0.3, 0.4) is 0 Å². The van der Waals surface area contributed by atoms with E-state index in [4.69, 9.17) is 5.73 Å². The van der Waals surface area contributed by atoms with Crippen molar-refractivity contribution in [1.82, 2.24) is 4.90 Å². The molecule has 0 fully saturated rings. The van der Waals surface area contributed by atoms with Crippen molar-refractivity contribution in [2.75, 3.05) is 14.1 Å². The molecule has 1 unspecified atom stereocenters. The van der Waals surface area contributed by atoms with Crippen molar-refractivity contribution in [1.29, 1.82) is 0 Å². The molecule has 0 radical (unpaired) electrons. The van der Waals surface area contributed by atoms with E-state index in [1.54, 1.807) is 0 Å². The zero-order chi connectivity index (χ0) is 13.9. The van der Waals surface area contributed by atoms with Crippen LogP contribution in [-0.2, 0) is 0 Å². The first-order valence-electron chi connectivity index (χ1n) is 6.89. The summed E-state index contributed by atoms with van der Waals surface area (Å²) in [6, 6.07) is 6.63. The minimum atomic E-state index is 0.0402. The fraction of sp³-hybridized carbons (Fsp3) is 0.625. The molecule has 0 aliphatic heterocycles. The van der Waals surface area contributed by atoms with Crippen molar-refractivity contribution in [3.8, 4) is 0 Å². The lowest BCUT2D eigenvalue weighted by Gasteiger charge is -2.44. The zero-order valence-electron chi connectivity index (χ0n) is 12.7. The Bertz CT molecular complexity index is 392. The highest BCUT2D eigenvalue weighted by molar-refractivity contribution is 5.35. The van der Waals surface area contributed by atoms with Gasteiger partial charge in [-0.2, -0.15) is 0 Å². The molecule has 1 aromatic carbocycles. The largest absolute Gasteiger partial charge is 0.322 e. The van der Waals surface area contributed by atoms with E-state index < -0.39 is 0 Å². The highest BCUT2D eigenvalue weighted by Gasteiger charge is 2.36. The number of nitrogens with zero attached hydrogens (tertiary/aromatic N) is 1. The van der Waals surface area contributed by atoms with E-state index in [9.17, 15) is 0 Å². The second-order valence-corrected chi connectivity index (χ2v) is 5.54. The second-order valence-electron chi connectivity index (χ2n) is 5.54. The lowest BCUT2D eigenvalue weighted by atomic mass is 9.78. The monoisotopic (exact) mass is 248 g/mol. The van der Waals surface area contributed by atoms with E-state index in [-0.39, 0.29) is 11.6 Å². The summed E-state index contributed by atoms with van der Waals surface area (Å²) in [4.78, 5) is 2.29. The smallest absolute Gasteiger partial charge is 0.0484 e. The Labute approximate surface area is 112 Å². The summed E-state index contributed by atoms with van der Waals surface area (Å²) in [5, 5.41) is 0. The molecule has 2 N–H and O–H groups in total. The SMILES string of the molecule is CCC(CC)(C(N)c1cc(C)ccc1C)N(C)C. The van der Waals surface area contributed by atoms with Crippen LogP contribution >= 0.6 is 0 Å². The summed E-state index contributed by atoms with van der Waals surface area (Å²) in [6.07, 6.45) is 2.12. The first-order valence-corrected chi connectivity index (χ1v) is 6.89. The molecule has 0 saturated heterocycles. The Morgan fingerprint density at radius 2 is 1.72 bits per heavy atom. The molecule has 0 aliphatic carbocycles. The fourth-order valence-electron chi connectivity index (χ4n) is 2.98. The van der Waals surface area contributed by atoms with E-state index in [2.05, 4.69) is 64.9 Å². The summed E-state index contributed by atoms with van der Waals surface area (Å²) in [5.74, 6) is 0. The summed E-state index contributed by atoms with van der Waals surface area (Å²) in [6.45, 7) is 8.74. The maximum atomic E-state index is 6.62. The molecule has 1 atom stereocenters. The first-order chi connectivity index (χ1) is 8.39. The Morgan fingerprint density at radius 3 is 2.17 bits per heavy atom. The van der Waals surface area contributed by atoms with Gasteiger partial charge >= 0.3 is 0 Å². The van der Waals surface area contributed by atoms with Crippen molar-refractivity contribution < 1.29 is 0 Å². The Kier molecular flexibility index (Phi) is 4.94. The number of benzene rings is 1. The van der Waals surface area contributed by atoms with Gasteiger partial charge in [0.2, 0.25) is 0 Å². The molecule has 1 aromatic rings. The average molecular weight is 248 g/mol.